The molecule has 1 rings (SSSR count). The molecule has 0 aliphatic rings. The summed E-state index contributed by atoms with van der Waals surface area (Å²) in [6.45, 7) is 1.65. The van der Waals surface area contributed by atoms with Gasteiger partial charge in [-0.3, -0.25) is 4.79 Å². The van der Waals surface area contributed by atoms with E-state index in [0.29, 0.717) is 0 Å². The zero-order valence-corrected chi connectivity index (χ0v) is 9.74. The number of primary amides is 1. The third-order valence-corrected chi connectivity index (χ3v) is 2.32. The average Bonchev–Trinajstić information content (AvgIpc) is 2.21. The number of nitrogen functional groups attached to an aromatic ring is 1. The molecule has 0 heterocycles. The van der Waals surface area contributed by atoms with Crippen molar-refractivity contribution in [2.45, 2.75) is 19.4 Å². The predicted octanol–water partition coefficient (Wildman–Crippen LogP) is 0.782. The molecule has 1 unspecified atom stereocenters. The Bertz CT molecular complexity index is 491. The summed E-state index contributed by atoms with van der Waals surface area (Å²) in [4.78, 5) is 21.7. The minimum Gasteiger partial charge on any atom is -0.478 e. The highest BCUT2D eigenvalue weighted by Crippen LogP contribution is 2.25. The van der Waals surface area contributed by atoms with Crippen molar-refractivity contribution >= 4 is 23.3 Å². The quantitative estimate of drug-likeness (QED) is 0.580. The molecule has 98 valence electrons. The Morgan fingerprint density at radius 2 is 2.11 bits per heavy atom. The molecule has 0 radical (unpaired) electrons. The number of hydrogen-bond acceptors (Lipinski definition) is 4. The van der Waals surface area contributed by atoms with E-state index in [1.54, 1.807) is 6.92 Å². The van der Waals surface area contributed by atoms with Crippen LogP contribution in [0.5, 0.6) is 0 Å². The fourth-order valence-corrected chi connectivity index (χ4v) is 1.56. The third-order valence-electron chi connectivity index (χ3n) is 2.32. The van der Waals surface area contributed by atoms with Gasteiger partial charge in [-0.2, -0.15) is 0 Å². The van der Waals surface area contributed by atoms with Crippen molar-refractivity contribution in [3.05, 3.63) is 23.5 Å². The minimum absolute atomic E-state index is 0.0241. The number of anilines is 2. The number of halogens is 1. The zero-order valence-electron chi connectivity index (χ0n) is 9.74. The number of carbonyl (C=O) groups is 2. The Labute approximate surface area is 103 Å². The number of amides is 1. The lowest BCUT2D eigenvalue weighted by atomic mass is 10.1. The van der Waals surface area contributed by atoms with Gasteiger partial charge in [0.15, 0.2) is 0 Å². The van der Waals surface area contributed by atoms with Crippen LogP contribution >= 0.6 is 0 Å². The van der Waals surface area contributed by atoms with Crippen molar-refractivity contribution in [1.29, 1.82) is 0 Å². The van der Waals surface area contributed by atoms with Crippen LogP contribution in [0.4, 0.5) is 15.8 Å². The summed E-state index contributed by atoms with van der Waals surface area (Å²) < 4.78 is 13.2. The van der Waals surface area contributed by atoms with Gasteiger partial charge in [-0.1, -0.05) is 0 Å². The number of aromatic carboxylic acids is 1. The molecule has 0 fully saturated rings. The first-order valence-electron chi connectivity index (χ1n) is 5.19. The van der Waals surface area contributed by atoms with Crippen LogP contribution in [0.25, 0.3) is 0 Å². The molecule has 0 aromatic heterocycles. The standard InChI is InChI=1S/C11H14FN3O3/c1-5(4-8(13)16)15-7-3-2-6(12)10(14)9(7)11(17)18/h2-3,5,15H,4,14H2,1H3,(H2,13,16)(H,17,18). The van der Waals surface area contributed by atoms with E-state index < -0.39 is 23.4 Å². The number of hydrogen-bond donors (Lipinski definition) is 4. The molecule has 18 heavy (non-hydrogen) atoms. The maximum absolute atomic E-state index is 13.2. The van der Waals surface area contributed by atoms with E-state index in [4.69, 9.17) is 16.6 Å². The lowest BCUT2D eigenvalue weighted by Gasteiger charge is -2.16. The molecule has 0 bridgehead atoms. The van der Waals surface area contributed by atoms with E-state index in [1.165, 1.54) is 6.07 Å². The van der Waals surface area contributed by atoms with Crippen LogP contribution in [0.3, 0.4) is 0 Å². The largest absolute Gasteiger partial charge is 0.478 e. The molecule has 0 aliphatic heterocycles. The fraction of sp³-hybridized carbons (Fsp3) is 0.273. The lowest BCUT2D eigenvalue weighted by Crippen LogP contribution is -2.25. The molecule has 0 saturated carbocycles. The number of benzene rings is 1. The monoisotopic (exact) mass is 255 g/mol. The van der Waals surface area contributed by atoms with Crippen LogP contribution in [0.2, 0.25) is 0 Å². The van der Waals surface area contributed by atoms with Crippen molar-refractivity contribution < 1.29 is 19.1 Å². The number of carboxylic acids is 1. The molecule has 6 N–H and O–H groups in total. The van der Waals surface area contributed by atoms with Crippen LogP contribution in [0.15, 0.2) is 12.1 Å². The van der Waals surface area contributed by atoms with Crippen molar-refractivity contribution in [2.75, 3.05) is 11.1 Å². The van der Waals surface area contributed by atoms with Crippen molar-refractivity contribution in [1.82, 2.24) is 0 Å². The van der Waals surface area contributed by atoms with E-state index in [9.17, 15) is 14.0 Å². The van der Waals surface area contributed by atoms with E-state index in [0.717, 1.165) is 6.07 Å². The SMILES string of the molecule is CC(CC(N)=O)Nc1ccc(F)c(N)c1C(=O)O. The zero-order chi connectivity index (χ0) is 13.9. The third kappa shape index (κ3) is 3.09. The van der Waals surface area contributed by atoms with Gasteiger partial charge in [-0.15, -0.1) is 0 Å². The van der Waals surface area contributed by atoms with E-state index in [2.05, 4.69) is 5.32 Å². The highest BCUT2D eigenvalue weighted by atomic mass is 19.1. The maximum atomic E-state index is 13.2. The van der Waals surface area contributed by atoms with Crippen molar-refractivity contribution in [3.8, 4) is 0 Å². The highest BCUT2D eigenvalue weighted by molar-refractivity contribution is 6.00. The number of nitrogens with two attached hydrogens (primary N) is 2. The second-order valence-corrected chi connectivity index (χ2v) is 3.90. The summed E-state index contributed by atoms with van der Waals surface area (Å²) >= 11 is 0. The Morgan fingerprint density at radius 1 is 1.50 bits per heavy atom. The van der Waals surface area contributed by atoms with E-state index >= 15 is 0 Å². The van der Waals surface area contributed by atoms with E-state index in [-0.39, 0.29) is 23.7 Å². The van der Waals surface area contributed by atoms with Gasteiger partial charge in [0.1, 0.15) is 11.4 Å². The second-order valence-electron chi connectivity index (χ2n) is 3.90. The molecule has 0 saturated heterocycles. The number of rotatable bonds is 5. The van der Waals surface area contributed by atoms with Crippen LogP contribution in [0, 0.1) is 5.82 Å². The molecule has 1 atom stereocenters. The van der Waals surface area contributed by atoms with Crippen LogP contribution in [-0.4, -0.2) is 23.0 Å². The molecular formula is C11H14FN3O3. The van der Waals surface area contributed by atoms with Crippen molar-refractivity contribution in [3.63, 3.8) is 0 Å². The van der Waals surface area contributed by atoms with Gasteiger partial charge >= 0.3 is 5.97 Å². The Kier molecular flexibility index (Phi) is 4.09. The lowest BCUT2D eigenvalue weighted by molar-refractivity contribution is -0.118. The summed E-state index contributed by atoms with van der Waals surface area (Å²) in [5.41, 5.74) is 9.74. The van der Waals surface area contributed by atoms with E-state index in [1.807, 2.05) is 0 Å². The predicted molar refractivity (Wildman–Crippen MR) is 64.7 cm³/mol. The first-order chi connectivity index (χ1) is 8.32. The van der Waals surface area contributed by atoms with Gasteiger partial charge in [0.25, 0.3) is 0 Å². The van der Waals surface area contributed by atoms with Gasteiger partial charge < -0.3 is 21.9 Å². The summed E-state index contributed by atoms with van der Waals surface area (Å²) in [7, 11) is 0. The van der Waals surface area contributed by atoms with Crippen LogP contribution in [0.1, 0.15) is 23.7 Å². The molecular weight excluding hydrogens is 241 g/mol. The average molecular weight is 255 g/mol. The first kappa shape index (κ1) is 13.8. The van der Waals surface area contributed by atoms with Gasteiger partial charge in [0.2, 0.25) is 5.91 Å². The van der Waals surface area contributed by atoms with Crippen molar-refractivity contribution in [2.24, 2.45) is 5.73 Å². The normalized spacial score (nSPS) is 11.9. The maximum Gasteiger partial charge on any atom is 0.340 e. The molecule has 1 aromatic carbocycles. The minimum atomic E-state index is -1.35. The summed E-state index contributed by atoms with van der Waals surface area (Å²) in [5, 5.41) is 11.8. The Balaban J connectivity index is 3.06. The van der Waals surface area contributed by atoms with Crippen LogP contribution in [-0.2, 0) is 4.79 Å². The first-order valence-corrected chi connectivity index (χ1v) is 5.19. The molecule has 6 nitrogen and oxygen atoms in total. The number of carboxylic acid groups (broad SMARTS) is 1. The Hall–Kier alpha value is -2.31. The van der Waals surface area contributed by atoms with Gasteiger partial charge in [-0.25, -0.2) is 9.18 Å². The Morgan fingerprint density at radius 3 is 2.61 bits per heavy atom. The molecule has 7 heteroatoms. The fourth-order valence-electron chi connectivity index (χ4n) is 1.56. The second kappa shape index (κ2) is 5.35. The molecule has 0 spiro atoms. The molecule has 1 amide bonds. The smallest absolute Gasteiger partial charge is 0.340 e. The summed E-state index contributed by atoms with van der Waals surface area (Å²) in [6.07, 6.45) is 0.0241. The summed E-state index contributed by atoms with van der Waals surface area (Å²) in [6, 6.07) is 1.93. The number of nitrogens with one attached hydrogen (secondary N) is 1. The van der Waals surface area contributed by atoms with Gasteiger partial charge in [-0.05, 0) is 19.1 Å². The van der Waals surface area contributed by atoms with Crippen LogP contribution < -0.4 is 16.8 Å². The highest BCUT2D eigenvalue weighted by Gasteiger charge is 2.18. The van der Waals surface area contributed by atoms with Gasteiger partial charge in [0.05, 0.1) is 11.4 Å². The topological polar surface area (TPSA) is 118 Å². The summed E-state index contributed by atoms with van der Waals surface area (Å²) in [5.74, 6) is -2.68. The number of carbonyl (C=O) groups excluding carboxylic acids is 1. The molecule has 0 aliphatic carbocycles. The van der Waals surface area contributed by atoms with Gasteiger partial charge in [0, 0.05) is 12.5 Å². The molecule has 1 aromatic rings.